The summed E-state index contributed by atoms with van der Waals surface area (Å²) in [5.41, 5.74) is 3.43. The first-order valence-electron chi connectivity index (χ1n) is 4.94. The number of nitrogens with one attached hydrogen (secondary N) is 1. The van der Waals surface area contributed by atoms with Crippen LogP contribution in [-0.4, -0.2) is 10.8 Å². The van der Waals surface area contributed by atoms with E-state index in [1.807, 2.05) is 50.2 Å². The fourth-order valence-corrected chi connectivity index (χ4v) is 1.61. The second kappa shape index (κ2) is 3.73. The second-order valence-corrected chi connectivity index (χ2v) is 3.70. The Kier molecular flexibility index (Phi) is 2.42. The molecule has 2 rings (SSSR count). The highest BCUT2D eigenvalue weighted by Gasteiger charge is 2.11. The minimum absolute atomic E-state index is 0.0567. The number of aromatic amines is 1. The molecule has 0 fully saturated rings. The number of aryl methyl sites for hydroxylation is 2. The Morgan fingerprint density at radius 2 is 1.80 bits per heavy atom. The number of rotatable bonds is 2. The molecule has 0 atom stereocenters. The van der Waals surface area contributed by atoms with Crippen molar-refractivity contribution < 1.29 is 4.79 Å². The smallest absolute Gasteiger partial charge is 0.209 e. The molecule has 2 nitrogen and oxygen atoms in total. The van der Waals surface area contributed by atoms with Gasteiger partial charge in [0.1, 0.15) is 0 Å². The minimum atomic E-state index is 0.0567. The van der Waals surface area contributed by atoms with Crippen LogP contribution in [0.1, 0.15) is 27.3 Å². The molecule has 0 saturated heterocycles. The topological polar surface area (TPSA) is 32.9 Å². The zero-order valence-electron chi connectivity index (χ0n) is 8.87. The van der Waals surface area contributed by atoms with Crippen LogP contribution in [0.5, 0.6) is 0 Å². The first-order chi connectivity index (χ1) is 7.18. The van der Waals surface area contributed by atoms with Crippen molar-refractivity contribution in [3.8, 4) is 0 Å². The van der Waals surface area contributed by atoms with Crippen molar-refractivity contribution in [3.63, 3.8) is 0 Å². The number of aromatic nitrogens is 1. The molecule has 0 amide bonds. The lowest BCUT2D eigenvalue weighted by atomic mass is 10.0. The average Bonchev–Trinajstić information content (AvgIpc) is 2.65. The molecule has 0 aliphatic rings. The van der Waals surface area contributed by atoms with E-state index in [1.165, 1.54) is 0 Å². The summed E-state index contributed by atoms with van der Waals surface area (Å²) in [5, 5.41) is 0. The molecule has 1 heterocycles. The molecule has 0 saturated carbocycles. The molecule has 1 aromatic carbocycles. The Morgan fingerprint density at radius 1 is 1.07 bits per heavy atom. The normalized spacial score (nSPS) is 10.3. The molecule has 2 heteroatoms. The first-order valence-corrected chi connectivity index (χ1v) is 4.94. The Hall–Kier alpha value is -1.83. The van der Waals surface area contributed by atoms with Crippen LogP contribution in [0.2, 0.25) is 0 Å². The minimum Gasteiger partial charge on any atom is -0.356 e. The van der Waals surface area contributed by atoms with Gasteiger partial charge in [-0.05, 0) is 31.5 Å². The SMILES string of the molecule is Cc1ccc(C(=O)c2ccccc2C)[nH]1. The van der Waals surface area contributed by atoms with Gasteiger partial charge in [-0.25, -0.2) is 0 Å². The molecule has 2 aromatic rings. The van der Waals surface area contributed by atoms with Crippen LogP contribution in [0.15, 0.2) is 36.4 Å². The van der Waals surface area contributed by atoms with Gasteiger partial charge in [-0.2, -0.15) is 0 Å². The molecule has 0 radical (unpaired) electrons. The molecule has 1 aromatic heterocycles. The van der Waals surface area contributed by atoms with E-state index in [0.29, 0.717) is 5.69 Å². The van der Waals surface area contributed by atoms with E-state index < -0.39 is 0 Å². The van der Waals surface area contributed by atoms with Gasteiger partial charge in [0.25, 0.3) is 0 Å². The van der Waals surface area contributed by atoms with Crippen molar-refractivity contribution in [3.05, 3.63) is 58.9 Å². The maximum atomic E-state index is 12.0. The maximum absolute atomic E-state index is 12.0. The van der Waals surface area contributed by atoms with Crippen LogP contribution >= 0.6 is 0 Å². The Bertz CT molecular complexity index is 497. The van der Waals surface area contributed by atoms with Crippen LogP contribution < -0.4 is 0 Å². The molecule has 0 bridgehead atoms. The molecule has 0 spiro atoms. The number of benzene rings is 1. The van der Waals surface area contributed by atoms with Crippen LogP contribution in [0, 0.1) is 13.8 Å². The van der Waals surface area contributed by atoms with E-state index in [1.54, 1.807) is 0 Å². The van der Waals surface area contributed by atoms with E-state index in [0.717, 1.165) is 16.8 Å². The quantitative estimate of drug-likeness (QED) is 0.741. The van der Waals surface area contributed by atoms with Gasteiger partial charge in [0.05, 0.1) is 5.69 Å². The molecular formula is C13H13NO. The van der Waals surface area contributed by atoms with Gasteiger partial charge >= 0.3 is 0 Å². The third kappa shape index (κ3) is 1.84. The lowest BCUT2D eigenvalue weighted by Gasteiger charge is -2.02. The molecule has 76 valence electrons. The lowest BCUT2D eigenvalue weighted by Crippen LogP contribution is -2.03. The standard InChI is InChI=1S/C13H13NO/c1-9-5-3-4-6-11(9)13(15)12-8-7-10(2)14-12/h3-8,14H,1-2H3. The number of hydrogen-bond acceptors (Lipinski definition) is 1. The summed E-state index contributed by atoms with van der Waals surface area (Å²) < 4.78 is 0. The zero-order chi connectivity index (χ0) is 10.8. The highest BCUT2D eigenvalue weighted by molar-refractivity contribution is 6.08. The van der Waals surface area contributed by atoms with Crippen molar-refractivity contribution in [2.24, 2.45) is 0 Å². The Labute approximate surface area is 89.0 Å². The summed E-state index contributed by atoms with van der Waals surface area (Å²) in [6.07, 6.45) is 0. The summed E-state index contributed by atoms with van der Waals surface area (Å²) in [7, 11) is 0. The maximum Gasteiger partial charge on any atom is 0.209 e. The predicted molar refractivity (Wildman–Crippen MR) is 60.1 cm³/mol. The summed E-state index contributed by atoms with van der Waals surface area (Å²) in [4.78, 5) is 15.1. The van der Waals surface area contributed by atoms with Gasteiger partial charge in [-0.15, -0.1) is 0 Å². The number of hydrogen-bond donors (Lipinski definition) is 1. The van der Waals surface area contributed by atoms with Gasteiger partial charge in [0, 0.05) is 11.3 Å². The van der Waals surface area contributed by atoms with Crippen molar-refractivity contribution in [2.45, 2.75) is 13.8 Å². The summed E-state index contributed by atoms with van der Waals surface area (Å²) >= 11 is 0. The Balaban J connectivity index is 2.41. The fraction of sp³-hybridized carbons (Fsp3) is 0.154. The van der Waals surface area contributed by atoms with E-state index in [9.17, 15) is 4.79 Å². The second-order valence-electron chi connectivity index (χ2n) is 3.70. The lowest BCUT2D eigenvalue weighted by molar-refractivity contribution is 0.103. The number of carbonyl (C=O) groups is 1. The Morgan fingerprint density at radius 3 is 2.40 bits per heavy atom. The number of H-pyrrole nitrogens is 1. The molecule has 15 heavy (non-hydrogen) atoms. The van der Waals surface area contributed by atoms with Crippen molar-refractivity contribution in [1.82, 2.24) is 4.98 Å². The molecule has 0 aliphatic carbocycles. The van der Waals surface area contributed by atoms with Crippen molar-refractivity contribution in [2.75, 3.05) is 0 Å². The van der Waals surface area contributed by atoms with Crippen LogP contribution in [0.25, 0.3) is 0 Å². The zero-order valence-corrected chi connectivity index (χ0v) is 8.87. The van der Waals surface area contributed by atoms with Crippen LogP contribution in [0.4, 0.5) is 0 Å². The van der Waals surface area contributed by atoms with Gasteiger partial charge in [0.2, 0.25) is 5.78 Å². The highest BCUT2D eigenvalue weighted by Crippen LogP contribution is 2.13. The van der Waals surface area contributed by atoms with Gasteiger partial charge in [-0.1, -0.05) is 24.3 Å². The first kappa shape index (κ1) is 9.71. The van der Waals surface area contributed by atoms with E-state index in [-0.39, 0.29) is 5.78 Å². The van der Waals surface area contributed by atoms with E-state index in [2.05, 4.69) is 4.98 Å². The molecule has 1 N–H and O–H groups in total. The third-order valence-electron chi connectivity index (χ3n) is 2.47. The number of carbonyl (C=O) groups excluding carboxylic acids is 1. The van der Waals surface area contributed by atoms with E-state index >= 15 is 0 Å². The van der Waals surface area contributed by atoms with Crippen molar-refractivity contribution in [1.29, 1.82) is 0 Å². The largest absolute Gasteiger partial charge is 0.356 e. The summed E-state index contributed by atoms with van der Waals surface area (Å²) in [5.74, 6) is 0.0567. The third-order valence-corrected chi connectivity index (χ3v) is 2.47. The van der Waals surface area contributed by atoms with Crippen LogP contribution in [0.3, 0.4) is 0 Å². The van der Waals surface area contributed by atoms with Gasteiger partial charge in [-0.3, -0.25) is 4.79 Å². The van der Waals surface area contributed by atoms with Gasteiger partial charge in [0.15, 0.2) is 0 Å². The highest BCUT2D eigenvalue weighted by atomic mass is 16.1. The van der Waals surface area contributed by atoms with Gasteiger partial charge < -0.3 is 4.98 Å². The summed E-state index contributed by atoms with van der Waals surface area (Å²) in [6, 6.07) is 11.4. The average molecular weight is 199 g/mol. The van der Waals surface area contributed by atoms with E-state index in [4.69, 9.17) is 0 Å². The molecular weight excluding hydrogens is 186 g/mol. The molecule has 0 unspecified atom stereocenters. The van der Waals surface area contributed by atoms with Crippen molar-refractivity contribution >= 4 is 5.78 Å². The number of ketones is 1. The fourth-order valence-electron chi connectivity index (χ4n) is 1.61. The predicted octanol–water partition coefficient (Wildman–Crippen LogP) is 2.86. The molecule has 0 aliphatic heterocycles. The van der Waals surface area contributed by atoms with Crippen LogP contribution in [-0.2, 0) is 0 Å². The monoisotopic (exact) mass is 199 g/mol. The summed E-state index contributed by atoms with van der Waals surface area (Å²) in [6.45, 7) is 3.89.